The molecule has 0 aliphatic carbocycles. The molecule has 0 radical (unpaired) electrons. The third-order valence-corrected chi connectivity index (χ3v) is 7.79. The number of nitrogens with two attached hydrogens (primary N) is 1. The van der Waals surface area contributed by atoms with Gasteiger partial charge in [-0.15, -0.1) is 0 Å². The van der Waals surface area contributed by atoms with Crippen molar-refractivity contribution >= 4 is 25.4 Å². The first kappa shape index (κ1) is 30.0. The average Bonchev–Trinajstić information content (AvgIpc) is 2.84. The zero-order valence-corrected chi connectivity index (χ0v) is 22.4. The Hall–Kier alpha value is -3.20. The van der Waals surface area contributed by atoms with Gasteiger partial charge in [0.1, 0.15) is 6.04 Å². The Morgan fingerprint density at radius 1 is 0.973 bits per heavy atom. The molecule has 2 unspecified atom stereocenters. The number of hydrogen-bond donors (Lipinski definition) is 3. The van der Waals surface area contributed by atoms with Crippen LogP contribution in [0.3, 0.4) is 0 Å². The smallest absolute Gasteiger partial charge is 0.435 e. The lowest BCUT2D eigenvalue weighted by molar-refractivity contribution is -0.170. The number of carbonyl (C=O) groups excluding carboxylic acids is 3. The van der Waals surface area contributed by atoms with Gasteiger partial charge in [-0.05, 0) is 43.9 Å². The average molecular weight is 535 g/mol. The predicted molar refractivity (Wildman–Crippen MR) is 139 cm³/mol. The summed E-state index contributed by atoms with van der Waals surface area (Å²) >= 11 is 0. The van der Waals surface area contributed by atoms with Crippen LogP contribution in [-0.2, 0) is 34.8 Å². The summed E-state index contributed by atoms with van der Waals surface area (Å²) in [6.07, 6.45) is -2.43. The van der Waals surface area contributed by atoms with Gasteiger partial charge in [0.05, 0.1) is 18.3 Å². The molecule has 0 fully saturated rings. The van der Waals surface area contributed by atoms with Crippen LogP contribution in [-0.4, -0.2) is 53.8 Å². The minimum Gasteiger partial charge on any atom is -0.435 e. The molecule has 0 aromatic heterocycles. The molecule has 1 amide bonds. The van der Waals surface area contributed by atoms with Crippen LogP contribution < -0.4 is 11.1 Å². The minimum atomic E-state index is -3.85. The highest BCUT2D eigenvalue weighted by Crippen LogP contribution is 2.46. The van der Waals surface area contributed by atoms with Crippen molar-refractivity contribution in [3.63, 3.8) is 0 Å². The zero-order chi connectivity index (χ0) is 27.6. The van der Waals surface area contributed by atoms with Crippen LogP contribution in [0.4, 0.5) is 4.79 Å². The lowest BCUT2D eigenvalue weighted by Crippen LogP contribution is -2.45. The molecule has 0 aliphatic heterocycles. The summed E-state index contributed by atoms with van der Waals surface area (Å²) in [7, 11) is -3.85. The maximum Gasteiger partial charge on any atom is 0.511 e. The fourth-order valence-corrected chi connectivity index (χ4v) is 4.70. The topological polar surface area (TPSA) is 154 Å². The highest BCUT2D eigenvalue weighted by molar-refractivity contribution is 7.58. The quantitative estimate of drug-likeness (QED) is 0.210. The molecule has 11 heteroatoms. The minimum absolute atomic E-state index is 0.0957. The number of amides is 1. The number of rotatable bonds is 12. The monoisotopic (exact) mass is 534 g/mol. The maximum atomic E-state index is 13.1. The molecular weight excluding hydrogens is 499 g/mol. The molecule has 2 rings (SSSR count). The molecule has 0 spiro atoms. The van der Waals surface area contributed by atoms with Gasteiger partial charge in [0.25, 0.3) is 0 Å². The number of carbonyl (C=O) groups is 3. The maximum absolute atomic E-state index is 13.1. The first-order valence-corrected chi connectivity index (χ1v) is 13.9. The molecule has 0 saturated heterocycles. The van der Waals surface area contributed by atoms with Crippen LogP contribution >= 0.6 is 7.37 Å². The Morgan fingerprint density at radius 2 is 1.57 bits per heavy atom. The summed E-state index contributed by atoms with van der Waals surface area (Å²) in [5, 5.41) is 2.52. The molecule has 2 aromatic rings. The lowest BCUT2D eigenvalue weighted by Gasteiger charge is -2.24. The molecular formula is C26H35N2O8P. The Labute approximate surface area is 216 Å². The van der Waals surface area contributed by atoms with Gasteiger partial charge in [0, 0.05) is 13.1 Å². The van der Waals surface area contributed by atoms with Gasteiger partial charge >= 0.3 is 12.1 Å². The van der Waals surface area contributed by atoms with Crippen molar-refractivity contribution in [2.75, 3.05) is 12.8 Å². The fourth-order valence-electron chi connectivity index (χ4n) is 3.44. The zero-order valence-electron chi connectivity index (χ0n) is 21.5. The van der Waals surface area contributed by atoms with E-state index in [0.29, 0.717) is 0 Å². The first-order valence-electron chi connectivity index (χ1n) is 12.0. The van der Waals surface area contributed by atoms with Gasteiger partial charge in [-0.1, -0.05) is 54.6 Å². The molecule has 0 bridgehead atoms. The van der Waals surface area contributed by atoms with Gasteiger partial charge in [0.2, 0.25) is 19.6 Å². The van der Waals surface area contributed by atoms with Crippen LogP contribution in [0, 0.1) is 5.92 Å². The van der Waals surface area contributed by atoms with E-state index in [4.69, 9.17) is 15.2 Å². The Bertz CT molecular complexity index is 1090. The van der Waals surface area contributed by atoms with E-state index in [0.717, 1.165) is 16.7 Å². The van der Waals surface area contributed by atoms with E-state index in [1.165, 1.54) is 20.8 Å². The number of esters is 1. The normalized spacial score (nSPS) is 15.8. The van der Waals surface area contributed by atoms with Crippen LogP contribution in [0.15, 0.2) is 54.6 Å². The summed E-state index contributed by atoms with van der Waals surface area (Å²) in [4.78, 5) is 47.2. The van der Waals surface area contributed by atoms with Gasteiger partial charge in [-0.3, -0.25) is 9.36 Å². The van der Waals surface area contributed by atoms with E-state index in [1.807, 2.05) is 54.6 Å². The van der Waals surface area contributed by atoms with Crippen LogP contribution in [0.25, 0.3) is 11.1 Å². The highest BCUT2D eigenvalue weighted by atomic mass is 31.2. The summed E-state index contributed by atoms with van der Waals surface area (Å²) in [5.74, 6) is -3.42. The van der Waals surface area contributed by atoms with Crippen molar-refractivity contribution in [3.05, 3.63) is 60.2 Å². The largest absolute Gasteiger partial charge is 0.511 e. The molecule has 202 valence electrons. The van der Waals surface area contributed by atoms with Gasteiger partial charge < -0.3 is 30.2 Å². The van der Waals surface area contributed by atoms with Crippen molar-refractivity contribution in [2.45, 2.75) is 52.2 Å². The second-order valence-corrected chi connectivity index (χ2v) is 11.4. The summed E-state index contributed by atoms with van der Waals surface area (Å²) in [6, 6.07) is 16.2. The molecule has 4 N–H and O–H groups in total. The van der Waals surface area contributed by atoms with Gasteiger partial charge in [0.15, 0.2) is 0 Å². The van der Waals surface area contributed by atoms with Crippen LogP contribution in [0.5, 0.6) is 0 Å². The molecule has 0 saturated carbocycles. The van der Waals surface area contributed by atoms with E-state index in [9.17, 15) is 23.8 Å². The SMILES string of the molecule is CCOC(=O)OC(C)OC(=O)[C@H](C)NC(=O)[C@H](Cc1ccc(-c2ccccc2)cc1)CP(=O)(O)[C@H](C)N. The van der Waals surface area contributed by atoms with E-state index in [1.54, 1.807) is 6.92 Å². The number of nitrogens with one attached hydrogen (secondary N) is 1. The molecule has 5 atom stereocenters. The van der Waals surface area contributed by atoms with Gasteiger partial charge in [-0.25, -0.2) is 9.59 Å². The molecule has 10 nitrogen and oxygen atoms in total. The van der Waals surface area contributed by atoms with E-state index in [-0.39, 0.29) is 19.2 Å². The van der Waals surface area contributed by atoms with Crippen molar-refractivity contribution in [2.24, 2.45) is 11.7 Å². The summed E-state index contributed by atoms with van der Waals surface area (Å²) in [5.41, 5.74) is 8.49. The van der Waals surface area contributed by atoms with E-state index in [2.05, 4.69) is 10.1 Å². The number of hydrogen-bond acceptors (Lipinski definition) is 8. The van der Waals surface area contributed by atoms with E-state index < -0.39 is 49.4 Å². The molecule has 0 heterocycles. The molecule has 2 aromatic carbocycles. The molecule has 0 aliphatic rings. The fraction of sp³-hybridized carbons (Fsp3) is 0.423. The number of benzene rings is 2. The second kappa shape index (κ2) is 13.9. The second-order valence-electron chi connectivity index (χ2n) is 8.68. The predicted octanol–water partition coefficient (Wildman–Crippen LogP) is 3.65. The standard InChI is InChI=1S/C26H35N2O8P/c1-5-34-26(31)36-19(4)35-25(30)17(2)28-24(29)23(16-37(32,33)18(3)27)15-20-11-13-22(14-12-20)21-9-7-6-8-10-21/h6-14,17-19,23H,5,15-16,27H2,1-4H3,(H,28,29)(H,32,33)/t17-,18+,19?,23+/m0/s1. The van der Waals surface area contributed by atoms with E-state index >= 15 is 0 Å². The number of ether oxygens (including phenoxy) is 3. The molecule has 37 heavy (non-hydrogen) atoms. The van der Waals surface area contributed by atoms with Crippen molar-refractivity contribution in [1.82, 2.24) is 5.32 Å². The van der Waals surface area contributed by atoms with Crippen molar-refractivity contribution in [1.29, 1.82) is 0 Å². The Morgan fingerprint density at radius 3 is 2.14 bits per heavy atom. The lowest BCUT2D eigenvalue weighted by atomic mass is 9.97. The summed E-state index contributed by atoms with van der Waals surface area (Å²) < 4.78 is 27.1. The third kappa shape index (κ3) is 9.64. The Balaban J connectivity index is 2.10. The van der Waals surface area contributed by atoms with Gasteiger partial charge in [-0.2, -0.15) is 0 Å². The first-order chi connectivity index (χ1) is 17.4. The summed E-state index contributed by atoms with van der Waals surface area (Å²) in [6.45, 7) is 5.83. The highest BCUT2D eigenvalue weighted by Gasteiger charge is 2.33. The third-order valence-electron chi connectivity index (χ3n) is 5.55. The van der Waals surface area contributed by atoms with Crippen molar-refractivity contribution in [3.8, 4) is 11.1 Å². The van der Waals surface area contributed by atoms with Crippen LogP contribution in [0.2, 0.25) is 0 Å². The Kier molecular flexibility index (Phi) is 11.3. The van der Waals surface area contributed by atoms with Crippen LogP contribution in [0.1, 0.15) is 33.3 Å². The van der Waals surface area contributed by atoms with Crippen molar-refractivity contribution < 1.29 is 38.1 Å².